The van der Waals surface area contributed by atoms with Gasteiger partial charge in [0.15, 0.2) is 0 Å². The Morgan fingerprint density at radius 1 is 1.15 bits per heavy atom. The number of hydrogen-bond acceptors (Lipinski definition) is 2. The summed E-state index contributed by atoms with van der Waals surface area (Å²) in [6.45, 7) is 14.1. The van der Waals surface area contributed by atoms with Crippen LogP contribution in [0.2, 0.25) is 0 Å². The molecule has 0 aromatic carbocycles. The van der Waals surface area contributed by atoms with Crippen molar-refractivity contribution in [2.24, 2.45) is 5.92 Å². The number of rotatable bonds is 9. The lowest BCUT2D eigenvalue weighted by Crippen LogP contribution is -2.55. The summed E-state index contributed by atoms with van der Waals surface area (Å²) < 4.78 is 0. The summed E-state index contributed by atoms with van der Waals surface area (Å²) in [5.41, 5.74) is 0. The van der Waals surface area contributed by atoms with Crippen molar-refractivity contribution in [2.75, 3.05) is 13.1 Å². The molecule has 4 atom stereocenters. The van der Waals surface area contributed by atoms with Crippen LogP contribution in [0.15, 0.2) is 0 Å². The van der Waals surface area contributed by atoms with Crippen LogP contribution in [0.4, 0.5) is 0 Å². The van der Waals surface area contributed by atoms with Crippen molar-refractivity contribution in [2.45, 2.75) is 97.7 Å². The summed E-state index contributed by atoms with van der Waals surface area (Å²) in [5.74, 6) is 0.947. The molecule has 0 spiro atoms. The van der Waals surface area contributed by atoms with Crippen molar-refractivity contribution in [3.63, 3.8) is 0 Å². The first-order chi connectivity index (χ1) is 9.67. The van der Waals surface area contributed by atoms with Crippen molar-refractivity contribution in [1.82, 2.24) is 10.2 Å². The van der Waals surface area contributed by atoms with Crippen LogP contribution >= 0.6 is 0 Å². The van der Waals surface area contributed by atoms with Crippen LogP contribution in [0.1, 0.15) is 79.6 Å². The maximum Gasteiger partial charge on any atom is 0.0254 e. The fourth-order valence-corrected chi connectivity index (χ4v) is 3.76. The number of likely N-dealkylation sites (N-methyl/N-ethyl adjacent to an activating group) is 1. The van der Waals surface area contributed by atoms with Crippen molar-refractivity contribution in [3.05, 3.63) is 0 Å². The van der Waals surface area contributed by atoms with E-state index in [2.05, 4.69) is 44.8 Å². The minimum Gasteiger partial charge on any atom is -0.313 e. The molecule has 1 aliphatic carbocycles. The van der Waals surface area contributed by atoms with Crippen LogP contribution in [0.5, 0.6) is 0 Å². The molecule has 2 nitrogen and oxygen atoms in total. The Morgan fingerprint density at radius 3 is 2.45 bits per heavy atom. The number of nitrogens with zero attached hydrogens (tertiary/aromatic N) is 1. The van der Waals surface area contributed by atoms with Gasteiger partial charge in [-0.2, -0.15) is 0 Å². The third-order valence-corrected chi connectivity index (χ3v) is 5.32. The number of nitrogens with one attached hydrogen (secondary N) is 1. The highest BCUT2D eigenvalue weighted by Gasteiger charge is 2.34. The molecule has 0 saturated heterocycles. The second kappa shape index (κ2) is 9.78. The third-order valence-electron chi connectivity index (χ3n) is 5.32. The fraction of sp³-hybridized carbons (Fsp3) is 1.00. The molecule has 0 aliphatic heterocycles. The van der Waals surface area contributed by atoms with E-state index in [1.807, 2.05) is 0 Å². The molecule has 0 heterocycles. The van der Waals surface area contributed by atoms with Gasteiger partial charge in [-0.05, 0) is 58.0 Å². The van der Waals surface area contributed by atoms with Gasteiger partial charge in [0.05, 0.1) is 0 Å². The molecule has 0 radical (unpaired) electrons. The Bertz CT molecular complexity index is 242. The predicted octanol–water partition coefficient (Wildman–Crippen LogP) is 4.44. The highest BCUT2D eigenvalue weighted by molar-refractivity contribution is 4.92. The van der Waals surface area contributed by atoms with E-state index < -0.39 is 0 Å². The van der Waals surface area contributed by atoms with Gasteiger partial charge in [0.1, 0.15) is 0 Å². The average molecular weight is 283 g/mol. The van der Waals surface area contributed by atoms with Gasteiger partial charge >= 0.3 is 0 Å². The summed E-state index contributed by atoms with van der Waals surface area (Å²) >= 11 is 0. The van der Waals surface area contributed by atoms with Crippen LogP contribution in [-0.4, -0.2) is 36.1 Å². The Labute approximate surface area is 127 Å². The molecule has 0 bridgehead atoms. The van der Waals surface area contributed by atoms with Gasteiger partial charge < -0.3 is 5.32 Å². The Morgan fingerprint density at radius 2 is 1.90 bits per heavy atom. The van der Waals surface area contributed by atoms with Crippen molar-refractivity contribution < 1.29 is 0 Å². The summed E-state index contributed by atoms with van der Waals surface area (Å²) in [4.78, 5) is 2.83. The molecule has 0 aromatic heterocycles. The quantitative estimate of drug-likeness (QED) is 0.672. The normalized spacial score (nSPS) is 28.8. The van der Waals surface area contributed by atoms with E-state index in [9.17, 15) is 0 Å². The van der Waals surface area contributed by atoms with Crippen molar-refractivity contribution >= 4 is 0 Å². The maximum atomic E-state index is 3.77. The van der Waals surface area contributed by atoms with Crippen LogP contribution in [0, 0.1) is 5.92 Å². The van der Waals surface area contributed by atoms with E-state index in [4.69, 9.17) is 0 Å². The lowest BCUT2D eigenvalue weighted by molar-refractivity contribution is 0.0621. The molecular formula is C18H38N2. The zero-order chi connectivity index (χ0) is 15.0. The molecule has 1 rings (SSSR count). The van der Waals surface area contributed by atoms with Crippen LogP contribution in [0.3, 0.4) is 0 Å². The van der Waals surface area contributed by atoms with Gasteiger partial charge in [-0.1, -0.05) is 40.5 Å². The van der Waals surface area contributed by atoms with E-state index in [-0.39, 0.29) is 0 Å². The summed E-state index contributed by atoms with van der Waals surface area (Å²) in [7, 11) is 0. The molecule has 0 aromatic rings. The van der Waals surface area contributed by atoms with E-state index in [0.29, 0.717) is 6.04 Å². The number of hydrogen-bond donors (Lipinski definition) is 1. The first-order valence-corrected chi connectivity index (χ1v) is 9.16. The summed E-state index contributed by atoms with van der Waals surface area (Å²) in [5, 5.41) is 3.77. The van der Waals surface area contributed by atoms with E-state index in [0.717, 1.165) is 24.5 Å². The van der Waals surface area contributed by atoms with Crippen LogP contribution < -0.4 is 5.32 Å². The first kappa shape index (κ1) is 18.0. The van der Waals surface area contributed by atoms with Gasteiger partial charge in [-0.15, -0.1) is 0 Å². The largest absolute Gasteiger partial charge is 0.313 e. The van der Waals surface area contributed by atoms with Gasteiger partial charge in [-0.25, -0.2) is 0 Å². The monoisotopic (exact) mass is 282 g/mol. The molecule has 20 heavy (non-hydrogen) atoms. The molecular weight excluding hydrogens is 244 g/mol. The molecule has 4 unspecified atom stereocenters. The van der Waals surface area contributed by atoms with Gasteiger partial charge in [0.25, 0.3) is 0 Å². The van der Waals surface area contributed by atoms with Crippen molar-refractivity contribution in [1.29, 1.82) is 0 Å². The highest BCUT2D eigenvalue weighted by atomic mass is 15.2. The predicted molar refractivity (Wildman–Crippen MR) is 90.3 cm³/mol. The van der Waals surface area contributed by atoms with E-state index >= 15 is 0 Å². The minimum absolute atomic E-state index is 0.716. The molecule has 0 amide bonds. The van der Waals surface area contributed by atoms with Gasteiger partial charge in [0, 0.05) is 18.1 Å². The smallest absolute Gasteiger partial charge is 0.0254 e. The summed E-state index contributed by atoms with van der Waals surface area (Å²) in [6.07, 6.45) is 9.48. The topological polar surface area (TPSA) is 15.3 Å². The second-order valence-corrected chi connectivity index (χ2v) is 6.67. The average Bonchev–Trinajstić information content (AvgIpc) is 2.48. The minimum atomic E-state index is 0.716. The van der Waals surface area contributed by atoms with Crippen LogP contribution in [0.25, 0.3) is 0 Å². The van der Waals surface area contributed by atoms with E-state index in [1.165, 1.54) is 51.5 Å². The van der Waals surface area contributed by atoms with Gasteiger partial charge in [-0.3, -0.25) is 4.90 Å². The Hall–Kier alpha value is -0.0800. The van der Waals surface area contributed by atoms with E-state index in [1.54, 1.807) is 0 Å². The Balaban J connectivity index is 2.78. The zero-order valence-electron chi connectivity index (χ0n) is 14.6. The molecule has 1 N–H and O–H groups in total. The Kier molecular flexibility index (Phi) is 8.79. The van der Waals surface area contributed by atoms with Crippen molar-refractivity contribution in [3.8, 4) is 0 Å². The highest BCUT2D eigenvalue weighted by Crippen LogP contribution is 2.31. The summed E-state index contributed by atoms with van der Waals surface area (Å²) in [6, 6.07) is 2.20. The van der Waals surface area contributed by atoms with Crippen LogP contribution in [-0.2, 0) is 0 Å². The third kappa shape index (κ3) is 5.04. The first-order valence-electron chi connectivity index (χ1n) is 9.16. The molecule has 1 saturated carbocycles. The molecule has 1 aliphatic rings. The second-order valence-electron chi connectivity index (χ2n) is 6.67. The molecule has 2 heteroatoms. The molecule has 1 fully saturated rings. The van der Waals surface area contributed by atoms with Gasteiger partial charge in [0.2, 0.25) is 0 Å². The zero-order valence-corrected chi connectivity index (χ0v) is 14.6. The standard InChI is InChI=1S/C18H38N2/c1-6-10-13-20(15(5)7-2)18-14-16(8-3)11-12-17(18)19-9-4/h15-19H,6-14H2,1-5H3. The number of unbranched alkanes of at least 4 members (excludes halogenated alkanes) is 1. The lowest BCUT2D eigenvalue weighted by Gasteiger charge is -2.45. The fourth-order valence-electron chi connectivity index (χ4n) is 3.76. The SMILES string of the molecule is CCCCN(C(C)CC)C1CC(CC)CCC1NCC. The molecule has 120 valence electrons. The lowest BCUT2D eigenvalue weighted by atomic mass is 9.79. The maximum absolute atomic E-state index is 3.77.